The van der Waals surface area contributed by atoms with Gasteiger partial charge in [0.05, 0.1) is 11.0 Å². The molecular weight excluding hydrogens is 254 g/mol. The molecular formula is C15H11N3O2. The van der Waals surface area contributed by atoms with Gasteiger partial charge in [0.2, 0.25) is 0 Å². The number of aliphatic hydroxyl groups is 1. The molecule has 98 valence electrons. The number of benzene rings is 1. The molecule has 1 aromatic carbocycles. The fraction of sp³-hybridized carbons (Fsp3) is 0. The molecule has 0 saturated heterocycles. The minimum absolute atomic E-state index is 0.0271. The van der Waals surface area contributed by atoms with Crippen LogP contribution in [0.5, 0.6) is 0 Å². The van der Waals surface area contributed by atoms with Gasteiger partial charge in [-0.25, -0.2) is 4.98 Å². The van der Waals surface area contributed by atoms with Crippen LogP contribution in [0.25, 0.3) is 22.9 Å². The number of para-hydroxylation sites is 2. The summed E-state index contributed by atoms with van der Waals surface area (Å²) in [7, 11) is 0. The largest absolute Gasteiger partial charge is 0.507 e. The lowest BCUT2D eigenvalue weighted by Crippen LogP contribution is -2.12. The first kappa shape index (κ1) is 12.1. The summed E-state index contributed by atoms with van der Waals surface area (Å²) in [5.41, 5.74) is 1.73. The first-order chi connectivity index (χ1) is 9.74. The van der Waals surface area contributed by atoms with Gasteiger partial charge in [0, 0.05) is 24.0 Å². The lowest BCUT2D eigenvalue weighted by atomic mass is 10.2. The molecule has 0 fully saturated rings. The van der Waals surface area contributed by atoms with Crippen LogP contribution in [-0.4, -0.2) is 20.1 Å². The van der Waals surface area contributed by atoms with Gasteiger partial charge in [-0.15, -0.1) is 0 Å². The van der Waals surface area contributed by atoms with E-state index >= 15 is 0 Å². The molecule has 3 aromatic rings. The van der Waals surface area contributed by atoms with Gasteiger partial charge in [-0.2, -0.15) is 0 Å². The first-order valence-electron chi connectivity index (χ1n) is 6.04. The summed E-state index contributed by atoms with van der Waals surface area (Å²) in [5, 5.41) is 10.0. The zero-order chi connectivity index (χ0) is 13.9. The number of pyridine rings is 1. The normalized spacial score (nSPS) is 11.7. The van der Waals surface area contributed by atoms with Crippen LogP contribution in [0.3, 0.4) is 0 Å². The zero-order valence-corrected chi connectivity index (χ0v) is 10.4. The Hall–Kier alpha value is -2.95. The lowest BCUT2D eigenvalue weighted by Gasteiger charge is -2.01. The number of fused-ring (bicyclic) bond motifs is 1. The number of hydrogen-bond acceptors (Lipinski definition) is 4. The highest BCUT2D eigenvalue weighted by atomic mass is 16.3. The van der Waals surface area contributed by atoms with Crippen molar-refractivity contribution in [1.82, 2.24) is 15.0 Å². The van der Waals surface area contributed by atoms with Crippen LogP contribution in [0, 0.1) is 0 Å². The Morgan fingerprint density at radius 2 is 1.90 bits per heavy atom. The minimum atomic E-state index is -0.343. The number of rotatable bonds is 2. The van der Waals surface area contributed by atoms with E-state index in [1.54, 1.807) is 36.7 Å². The van der Waals surface area contributed by atoms with E-state index in [1.165, 1.54) is 6.08 Å². The molecule has 0 aliphatic rings. The van der Waals surface area contributed by atoms with Gasteiger partial charge in [-0.3, -0.25) is 9.78 Å². The summed E-state index contributed by atoms with van der Waals surface area (Å²) in [4.78, 5) is 22.8. The second-order valence-corrected chi connectivity index (χ2v) is 4.23. The lowest BCUT2D eigenvalue weighted by molar-refractivity contribution is 0.515. The molecule has 0 aliphatic heterocycles. The molecule has 0 bridgehead atoms. The maximum Gasteiger partial charge on any atom is 0.274 e. The summed E-state index contributed by atoms with van der Waals surface area (Å²) >= 11 is 0. The van der Waals surface area contributed by atoms with E-state index in [2.05, 4.69) is 15.0 Å². The van der Waals surface area contributed by atoms with Crippen molar-refractivity contribution < 1.29 is 5.11 Å². The van der Waals surface area contributed by atoms with Crippen molar-refractivity contribution in [3.63, 3.8) is 0 Å². The van der Waals surface area contributed by atoms with Crippen LogP contribution < -0.4 is 5.56 Å². The first-order valence-corrected chi connectivity index (χ1v) is 6.04. The Labute approximate surface area is 114 Å². The average molecular weight is 265 g/mol. The molecule has 2 aromatic heterocycles. The summed E-state index contributed by atoms with van der Waals surface area (Å²) in [6, 6.07) is 10.5. The maximum atomic E-state index is 11.9. The molecule has 20 heavy (non-hydrogen) atoms. The van der Waals surface area contributed by atoms with Crippen LogP contribution in [-0.2, 0) is 0 Å². The Balaban J connectivity index is 2.11. The van der Waals surface area contributed by atoms with Crippen molar-refractivity contribution in [2.24, 2.45) is 0 Å². The number of nitrogens with one attached hydrogen (secondary N) is 1. The Morgan fingerprint density at radius 3 is 2.70 bits per heavy atom. The van der Waals surface area contributed by atoms with Crippen LogP contribution in [0.4, 0.5) is 0 Å². The monoisotopic (exact) mass is 265 g/mol. The third-order valence-corrected chi connectivity index (χ3v) is 2.88. The molecule has 0 radical (unpaired) electrons. The Morgan fingerprint density at radius 1 is 1.15 bits per heavy atom. The molecule has 0 aliphatic carbocycles. The molecule has 3 rings (SSSR count). The van der Waals surface area contributed by atoms with Gasteiger partial charge in [0.1, 0.15) is 11.5 Å². The molecule has 0 amide bonds. The predicted molar refractivity (Wildman–Crippen MR) is 77.1 cm³/mol. The smallest absolute Gasteiger partial charge is 0.274 e. The molecule has 2 N–H and O–H groups in total. The van der Waals surface area contributed by atoms with Crippen LogP contribution in [0.15, 0.2) is 53.6 Å². The van der Waals surface area contributed by atoms with Gasteiger partial charge < -0.3 is 10.1 Å². The second-order valence-electron chi connectivity index (χ2n) is 4.23. The van der Waals surface area contributed by atoms with Crippen molar-refractivity contribution in [3.05, 3.63) is 70.4 Å². The summed E-state index contributed by atoms with van der Waals surface area (Å²) in [6.07, 6.45) is 4.48. The van der Waals surface area contributed by atoms with Crippen molar-refractivity contribution in [1.29, 1.82) is 0 Å². The van der Waals surface area contributed by atoms with Crippen LogP contribution in [0.1, 0.15) is 11.3 Å². The van der Waals surface area contributed by atoms with Crippen LogP contribution >= 0.6 is 0 Å². The SMILES string of the molecule is O=c1[nH]c2ccccc2nc1/C=C(\O)c1ccncc1. The van der Waals surface area contributed by atoms with E-state index in [0.29, 0.717) is 16.6 Å². The fourth-order valence-electron chi connectivity index (χ4n) is 1.88. The standard InChI is InChI=1S/C15H11N3O2/c19-14(10-5-7-16-8-6-10)9-13-15(20)18-12-4-2-1-3-11(12)17-13/h1-9,19H,(H,18,20)/b14-9-. The van der Waals surface area contributed by atoms with Crippen molar-refractivity contribution >= 4 is 22.9 Å². The van der Waals surface area contributed by atoms with Crippen molar-refractivity contribution in [3.8, 4) is 0 Å². The van der Waals surface area contributed by atoms with E-state index in [0.717, 1.165) is 0 Å². The highest BCUT2D eigenvalue weighted by Gasteiger charge is 2.05. The quantitative estimate of drug-likeness (QED) is 0.697. The number of H-pyrrole nitrogens is 1. The molecule has 2 heterocycles. The number of aliphatic hydroxyl groups excluding tert-OH is 1. The van der Waals surface area contributed by atoms with E-state index < -0.39 is 0 Å². The molecule has 5 heteroatoms. The summed E-state index contributed by atoms with van der Waals surface area (Å²) < 4.78 is 0. The van der Waals surface area contributed by atoms with Crippen molar-refractivity contribution in [2.45, 2.75) is 0 Å². The van der Waals surface area contributed by atoms with Gasteiger partial charge in [-0.05, 0) is 24.3 Å². The maximum absolute atomic E-state index is 11.9. The highest BCUT2D eigenvalue weighted by Crippen LogP contribution is 2.13. The van der Waals surface area contributed by atoms with Gasteiger partial charge in [0.25, 0.3) is 5.56 Å². The molecule has 0 atom stereocenters. The van der Waals surface area contributed by atoms with Gasteiger partial charge in [0.15, 0.2) is 0 Å². The number of aromatic nitrogens is 3. The predicted octanol–water partition coefficient (Wildman–Crippen LogP) is 2.37. The molecule has 0 unspecified atom stereocenters. The third-order valence-electron chi connectivity index (χ3n) is 2.88. The van der Waals surface area contributed by atoms with E-state index in [1.807, 2.05) is 12.1 Å². The second kappa shape index (κ2) is 4.97. The van der Waals surface area contributed by atoms with Gasteiger partial charge >= 0.3 is 0 Å². The molecule has 0 spiro atoms. The number of aromatic amines is 1. The third kappa shape index (κ3) is 2.29. The highest BCUT2D eigenvalue weighted by molar-refractivity contribution is 5.78. The topological polar surface area (TPSA) is 78.9 Å². The van der Waals surface area contributed by atoms with E-state index in [9.17, 15) is 9.90 Å². The van der Waals surface area contributed by atoms with Gasteiger partial charge in [-0.1, -0.05) is 12.1 Å². The Bertz CT molecular complexity index is 838. The summed E-state index contributed by atoms with van der Waals surface area (Å²) in [5.74, 6) is -0.0271. The number of nitrogens with zero attached hydrogens (tertiary/aromatic N) is 2. The zero-order valence-electron chi connectivity index (χ0n) is 10.4. The van der Waals surface area contributed by atoms with E-state index in [-0.39, 0.29) is 17.0 Å². The minimum Gasteiger partial charge on any atom is -0.507 e. The molecule has 5 nitrogen and oxygen atoms in total. The molecule has 0 saturated carbocycles. The average Bonchev–Trinajstić information content (AvgIpc) is 2.49. The Kier molecular flexibility index (Phi) is 3.01. The fourth-order valence-corrected chi connectivity index (χ4v) is 1.88. The van der Waals surface area contributed by atoms with Crippen LogP contribution in [0.2, 0.25) is 0 Å². The van der Waals surface area contributed by atoms with Crippen molar-refractivity contribution in [2.75, 3.05) is 0 Å². The number of hydrogen-bond donors (Lipinski definition) is 2. The summed E-state index contributed by atoms with van der Waals surface area (Å²) in [6.45, 7) is 0. The van der Waals surface area contributed by atoms with E-state index in [4.69, 9.17) is 0 Å².